The molecule has 0 aliphatic rings. The van der Waals surface area contributed by atoms with Crippen LogP contribution in [0.25, 0.3) is 0 Å². The van der Waals surface area contributed by atoms with Crippen molar-refractivity contribution in [2.75, 3.05) is 12.3 Å². The largest absolute Gasteiger partial charge is 0.481 e. The first-order chi connectivity index (χ1) is 9.50. The molecule has 0 spiro atoms. The van der Waals surface area contributed by atoms with Crippen LogP contribution in [0.4, 0.5) is 0 Å². The van der Waals surface area contributed by atoms with Crippen molar-refractivity contribution < 1.29 is 19.5 Å². The molecule has 0 aliphatic heterocycles. The van der Waals surface area contributed by atoms with Crippen LogP contribution in [0.5, 0.6) is 0 Å². The van der Waals surface area contributed by atoms with Crippen molar-refractivity contribution in [3.05, 3.63) is 35.9 Å². The van der Waals surface area contributed by atoms with Crippen molar-refractivity contribution in [1.82, 2.24) is 5.32 Å². The number of thioether (sulfide) groups is 1. The van der Waals surface area contributed by atoms with Gasteiger partial charge in [0, 0.05) is 19.2 Å². The Morgan fingerprint density at radius 1 is 1.25 bits per heavy atom. The minimum absolute atomic E-state index is 0.169. The predicted molar refractivity (Wildman–Crippen MR) is 77.4 cm³/mol. The molecule has 1 amide bonds. The molecular weight excluding hydrogens is 278 g/mol. The number of carbonyl (C=O) groups excluding carboxylic acids is 2. The molecule has 0 aromatic heterocycles. The fourth-order valence-corrected chi connectivity index (χ4v) is 2.39. The fraction of sp³-hybridized carbons (Fsp3) is 0.357. The molecule has 0 radical (unpaired) electrons. The van der Waals surface area contributed by atoms with Crippen molar-refractivity contribution in [3.8, 4) is 0 Å². The molecule has 0 heterocycles. The summed E-state index contributed by atoms with van der Waals surface area (Å²) in [7, 11) is 0. The molecule has 1 aromatic carbocycles. The number of hydrogen-bond acceptors (Lipinski definition) is 4. The van der Waals surface area contributed by atoms with Crippen LogP contribution in [-0.2, 0) is 20.8 Å². The Balaban J connectivity index is 2.51. The number of nitrogens with one attached hydrogen (secondary N) is 1. The Labute approximate surface area is 121 Å². The van der Waals surface area contributed by atoms with E-state index >= 15 is 0 Å². The standard InChI is InChI=1S/C14H17NO4S/c1-10(16)15-7-8-20-14(19)12(13(17)18)9-11-5-3-2-4-6-11/h2-6,12H,7-9H2,1H3,(H,15,16)(H,17,18). The summed E-state index contributed by atoms with van der Waals surface area (Å²) in [5, 5.41) is 11.3. The van der Waals surface area contributed by atoms with Crippen molar-refractivity contribution >= 4 is 28.8 Å². The highest BCUT2D eigenvalue weighted by molar-refractivity contribution is 8.13. The molecule has 2 N–H and O–H groups in total. The average molecular weight is 295 g/mol. The number of carboxylic acid groups (broad SMARTS) is 1. The smallest absolute Gasteiger partial charge is 0.315 e. The van der Waals surface area contributed by atoms with Crippen LogP contribution < -0.4 is 5.32 Å². The average Bonchev–Trinajstić information content (AvgIpc) is 2.41. The van der Waals surface area contributed by atoms with Crippen LogP contribution in [0.2, 0.25) is 0 Å². The van der Waals surface area contributed by atoms with E-state index in [-0.39, 0.29) is 17.4 Å². The summed E-state index contributed by atoms with van der Waals surface area (Å²) in [6.45, 7) is 1.74. The minimum Gasteiger partial charge on any atom is -0.481 e. The van der Waals surface area contributed by atoms with Crippen molar-refractivity contribution in [1.29, 1.82) is 0 Å². The van der Waals surface area contributed by atoms with Gasteiger partial charge in [0.2, 0.25) is 11.0 Å². The summed E-state index contributed by atoms with van der Waals surface area (Å²) in [6.07, 6.45) is 0.183. The van der Waals surface area contributed by atoms with Crippen LogP contribution in [0.1, 0.15) is 12.5 Å². The Morgan fingerprint density at radius 2 is 1.90 bits per heavy atom. The SMILES string of the molecule is CC(=O)NCCSC(=O)C(Cc1ccccc1)C(=O)O. The Hall–Kier alpha value is -1.82. The Kier molecular flexibility index (Phi) is 6.79. The van der Waals surface area contributed by atoms with Crippen LogP contribution in [0.3, 0.4) is 0 Å². The molecule has 0 bridgehead atoms. The monoisotopic (exact) mass is 295 g/mol. The summed E-state index contributed by atoms with van der Waals surface area (Å²) in [5.41, 5.74) is 0.815. The normalized spacial score (nSPS) is 11.7. The molecule has 0 saturated carbocycles. The van der Waals surface area contributed by atoms with Gasteiger partial charge in [-0.05, 0) is 12.0 Å². The maximum Gasteiger partial charge on any atom is 0.315 e. The van der Waals surface area contributed by atoms with E-state index in [1.165, 1.54) is 6.92 Å². The molecule has 20 heavy (non-hydrogen) atoms. The van der Waals surface area contributed by atoms with Crippen LogP contribution in [-0.4, -0.2) is 34.4 Å². The zero-order valence-electron chi connectivity index (χ0n) is 11.2. The number of aliphatic carboxylic acids is 1. The molecule has 1 rings (SSSR count). The third kappa shape index (κ3) is 5.88. The van der Waals surface area contributed by atoms with Gasteiger partial charge in [-0.3, -0.25) is 14.4 Å². The maximum absolute atomic E-state index is 11.9. The summed E-state index contributed by atoms with van der Waals surface area (Å²) in [4.78, 5) is 33.8. The lowest BCUT2D eigenvalue weighted by Gasteiger charge is -2.11. The topological polar surface area (TPSA) is 83.5 Å². The van der Waals surface area contributed by atoms with Gasteiger partial charge >= 0.3 is 5.97 Å². The minimum atomic E-state index is -1.12. The lowest BCUT2D eigenvalue weighted by atomic mass is 10.0. The molecule has 0 fully saturated rings. The molecule has 6 heteroatoms. The molecular formula is C14H17NO4S. The van der Waals surface area contributed by atoms with Gasteiger partial charge in [-0.15, -0.1) is 0 Å². The molecule has 0 aliphatic carbocycles. The molecule has 1 unspecified atom stereocenters. The van der Waals surface area contributed by atoms with Gasteiger partial charge in [0.15, 0.2) is 0 Å². The molecule has 5 nitrogen and oxygen atoms in total. The summed E-state index contributed by atoms with van der Waals surface area (Å²) >= 11 is 0.940. The summed E-state index contributed by atoms with van der Waals surface area (Å²) in [6, 6.07) is 9.05. The predicted octanol–water partition coefficient (Wildman–Crippen LogP) is 1.33. The van der Waals surface area contributed by atoms with Crippen LogP contribution in [0, 0.1) is 5.92 Å². The first kappa shape index (κ1) is 16.2. The van der Waals surface area contributed by atoms with E-state index in [1.807, 2.05) is 18.2 Å². The van der Waals surface area contributed by atoms with Gasteiger partial charge in [0.25, 0.3) is 0 Å². The van der Waals surface area contributed by atoms with E-state index in [0.29, 0.717) is 12.3 Å². The lowest BCUT2D eigenvalue weighted by Crippen LogP contribution is -2.26. The van der Waals surface area contributed by atoms with Crippen LogP contribution >= 0.6 is 11.8 Å². The first-order valence-corrected chi connectivity index (χ1v) is 7.17. The van der Waals surface area contributed by atoms with Gasteiger partial charge in [-0.1, -0.05) is 42.1 Å². The second-order valence-corrected chi connectivity index (χ2v) is 5.33. The third-order valence-corrected chi connectivity index (χ3v) is 3.56. The maximum atomic E-state index is 11.9. The van der Waals surface area contributed by atoms with E-state index in [0.717, 1.165) is 17.3 Å². The molecule has 108 valence electrons. The highest BCUT2D eigenvalue weighted by Crippen LogP contribution is 2.17. The van der Waals surface area contributed by atoms with Gasteiger partial charge < -0.3 is 10.4 Å². The van der Waals surface area contributed by atoms with E-state index < -0.39 is 11.9 Å². The lowest BCUT2D eigenvalue weighted by molar-refractivity contribution is -0.144. The number of carbonyl (C=O) groups is 3. The number of rotatable bonds is 7. The molecule has 0 saturated heterocycles. The van der Waals surface area contributed by atoms with E-state index in [1.54, 1.807) is 12.1 Å². The van der Waals surface area contributed by atoms with Gasteiger partial charge in [-0.25, -0.2) is 0 Å². The van der Waals surface area contributed by atoms with Gasteiger partial charge in [0.1, 0.15) is 5.92 Å². The highest BCUT2D eigenvalue weighted by Gasteiger charge is 2.26. The highest BCUT2D eigenvalue weighted by atomic mass is 32.2. The second kappa shape index (κ2) is 8.37. The van der Waals surface area contributed by atoms with E-state index in [9.17, 15) is 14.4 Å². The Morgan fingerprint density at radius 3 is 2.45 bits per heavy atom. The van der Waals surface area contributed by atoms with Crippen LogP contribution in [0.15, 0.2) is 30.3 Å². The second-order valence-electron chi connectivity index (χ2n) is 4.23. The zero-order chi connectivity index (χ0) is 15.0. The quantitative estimate of drug-likeness (QED) is 0.585. The number of hydrogen-bond donors (Lipinski definition) is 2. The van der Waals surface area contributed by atoms with Gasteiger partial charge in [0.05, 0.1) is 0 Å². The van der Waals surface area contributed by atoms with E-state index in [2.05, 4.69) is 5.32 Å². The third-order valence-electron chi connectivity index (χ3n) is 2.59. The molecule has 1 atom stereocenters. The summed E-state index contributed by atoms with van der Waals surface area (Å²) < 4.78 is 0. The fourth-order valence-electron chi connectivity index (χ4n) is 1.60. The van der Waals surface area contributed by atoms with Crippen molar-refractivity contribution in [2.24, 2.45) is 5.92 Å². The number of carboxylic acids is 1. The molecule has 1 aromatic rings. The number of amides is 1. The summed E-state index contributed by atoms with van der Waals surface area (Å²) in [5.74, 6) is -1.97. The first-order valence-electron chi connectivity index (χ1n) is 6.18. The Bertz CT molecular complexity index is 475. The van der Waals surface area contributed by atoms with Crippen molar-refractivity contribution in [2.45, 2.75) is 13.3 Å². The zero-order valence-corrected chi connectivity index (χ0v) is 12.0. The van der Waals surface area contributed by atoms with Crippen molar-refractivity contribution in [3.63, 3.8) is 0 Å². The van der Waals surface area contributed by atoms with E-state index in [4.69, 9.17) is 5.11 Å². The number of benzene rings is 1. The van der Waals surface area contributed by atoms with Gasteiger partial charge in [-0.2, -0.15) is 0 Å².